The van der Waals surface area contributed by atoms with Crippen molar-refractivity contribution in [3.63, 3.8) is 0 Å². The third-order valence-corrected chi connectivity index (χ3v) is 2.24. The number of hydrogen-bond donors (Lipinski definition) is 0. The minimum Gasteiger partial charge on any atom is -0.449 e. The van der Waals surface area contributed by atoms with Crippen molar-refractivity contribution in [1.82, 2.24) is 4.98 Å². The fourth-order valence-electron chi connectivity index (χ4n) is 1.34. The number of nitrogens with zero attached hydrogens (tertiary/aromatic N) is 2. The molecule has 1 aromatic heterocycles. The highest BCUT2D eigenvalue weighted by molar-refractivity contribution is 5.87. The predicted octanol–water partition coefficient (Wildman–Crippen LogP) is 2.33. The number of carbonyl (C=O) groups excluding carboxylic acids is 1. The van der Waals surface area contributed by atoms with Crippen LogP contribution in [0.25, 0.3) is 0 Å². The summed E-state index contributed by atoms with van der Waals surface area (Å²) in [5, 5.41) is 0. The SMILES string of the molecule is COCCN(C(=O)OCC(C)C)c1cccnc1. The van der Waals surface area contributed by atoms with Crippen molar-refractivity contribution < 1.29 is 14.3 Å². The molecule has 0 fully saturated rings. The van der Waals surface area contributed by atoms with Crippen molar-refractivity contribution in [3.05, 3.63) is 24.5 Å². The van der Waals surface area contributed by atoms with Crippen molar-refractivity contribution >= 4 is 11.8 Å². The van der Waals surface area contributed by atoms with Gasteiger partial charge in [0.1, 0.15) is 0 Å². The van der Waals surface area contributed by atoms with Gasteiger partial charge in [0.2, 0.25) is 0 Å². The molecule has 0 saturated carbocycles. The van der Waals surface area contributed by atoms with E-state index >= 15 is 0 Å². The first-order valence-electron chi connectivity index (χ1n) is 5.98. The molecule has 0 atom stereocenters. The average Bonchev–Trinajstić information content (AvgIpc) is 2.38. The minimum absolute atomic E-state index is 0.312. The van der Waals surface area contributed by atoms with Gasteiger partial charge < -0.3 is 9.47 Å². The number of pyridine rings is 1. The maximum absolute atomic E-state index is 12.0. The second-order valence-electron chi connectivity index (χ2n) is 4.33. The number of hydrogen-bond acceptors (Lipinski definition) is 4. The van der Waals surface area contributed by atoms with E-state index in [0.29, 0.717) is 31.4 Å². The molecule has 1 heterocycles. The maximum Gasteiger partial charge on any atom is 0.414 e. The second-order valence-corrected chi connectivity index (χ2v) is 4.33. The summed E-state index contributed by atoms with van der Waals surface area (Å²) in [6, 6.07) is 3.60. The van der Waals surface area contributed by atoms with Crippen LogP contribution in [0.1, 0.15) is 13.8 Å². The summed E-state index contributed by atoms with van der Waals surface area (Å²) < 4.78 is 10.2. The number of methoxy groups -OCH3 is 1. The molecule has 0 N–H and O–H groups in total. The standard InChI is InChI=1S/C13H20N2O3/c1-11(2)10-18-13(16)15(7-8-17-3)12-5-4-6-14-9-12/h4-6,9,11H,7-8,10H2,1-3H3. The molecule has 0 saturated heterocycles. The van der Waals surface area contributed by atoms with Gasteiger partial charge in [-0.05, 0) is 18.1 Å². The van der Waals surface area contributed by atoms with Crippen LogP contribution in [0.15, 0.2) is 24.5 Å². The van der Waals surface area contributed by atoms with E-state index in [1.807, 2.05) is 19.9 Å². The van der Waals surface area contributed by atoms with Crippen LogP contribution < -0.4 is 4.90 Å². The zero-order chi connectivity index (χ0) is 13.4. The molecule has 5 heteroatoms. The molecule has 0 aliphatic rings. The molecule has 0 bridgehead atoms. The molecule has 5 nitrogen and oxygen atoms in total. The molecule has 1 rings (SSSR count). The average molecular weight is 252 g/mol. The maximum atomic E-state index is 12.0. The number of aromatic nitrogens is 1. The highest BCUT2D eigenvalue weighted by Gasteiger charge is 2.17. The molecule has 1 aromatic rings. The summed E-state index contributed by atoms with van der Waals surface area (Å²) in [6.45, 7) is 5.29. The van der Waals surface area contributed by atoms with Crippen molar-refractivity contribution in [2.24, 2.45) is 5.92 Å². The Labute approximate surface area is 108 Å². The molecule has 18 heavy (non-hydrogen) atoms. The van der Waals surface area contributed by atoms with Crippen LogP contribution in [0.2, 0.25) is 0 Å². The van der Waals surface area contributed by atoms with Crippen LogP contribution in [0, 0.1) is 5.92 Å². The van der Waals surface area contributed by atoms with Gasteiger partial charge in [0.15, 0.2) is 0 Å². The molecule has 0 unspecified atom stereocenters. The van der Waals surface area contributed by atoms with Crippen molar-refractivity contribution in [2.45, 2.75) is 13.8 Å². The fraction of sp³-hybridized carbons (Fsp3) is 0.538. The van der Waals surface area contributed by atoms with Gasteiger partial charge in [0, 0.05) is 13.3 Å². The van der Waals surface area contributed by atoms with E-state index in [0.717, 1.165) is 0 Å². The number of carbonyl (C=O) groups is 1. The Morgan fingerprint density at radius 2 is 2.28 bits per heavy atom. The zero-order valence-electron chi connectivity index (χ0n) is 11.1. The van der Waals surface area contributed by atoms with Crippen molar-refractivity contribution in [3.8, 4) is 0 Å². The van der Waals surface area contributed by atoms with Crippen LogP contribution in [0.4, 0.5) is 10.5 Å². The van der Waals surface area contributed by atoms with Gasteiger partial charge in [-0.3, -0.25) is 9.88 Å². The molecule has 100 valence electrons. The van der Waals surface area contributed by atoms with Crippen molar-refractivity contribution in [2.75, 3.05) is 31.8 Å². The Bertz CT molecular complexity index is 355. The van der Waals surface area contributed by atoms with E-state index < -0.39 is 0 Å². The molecule has 0 spiro atoms. The van der Waals surface area contributed by atoms with Crippen molar-refractivity contribution in [1.29, 1.82) is 0 Å². The summed E-state index contributed by atoms with van der Waals surface area (Å²) >= 11 is 0. The lowest BCUT2D eigenvalue weighted by Gasteiger charge is -2.22. The minimum atomic E-state index is -0.367. The van der Waals surface area contributed by atoms with Gasteiger partial charge in [0.05, 0.1) is 31.6 Å². The van der Waals surface area contributed by atoms with E-state index in [1.54, 1.807) is 25.6 Å². The predicted molar refractivity (Wildman–Crippen MR) is 69.6 cm³/mol. The third kappa shape index (κ3) is 4.71. The van der Waals surface area contributed by atoms with Crippen LogP contribution in [0.5, 0.6) is 0 Å². The van der Waals surface area contributed by atoms with Gasteiger partial charge in [-0.15, -0.1) is 0 Å². The summed E-state index contributed by atoms with van der Waals surface area (Å²) in [5.74, 6) is 0.312. The number of rotatable bonds is 6. The first-order chi connectivity index (χ1) is 8.65. The quantitative estimate of drug-likeness (QED) is 0.779. The lowest BCUT2D eigenvalue weighted by atomic mass is 10.2. The smallest absolute Gasteiger partial charge is 0.414 e. The van der Waals surface area contributed by atoms with Gasteiger partial charge in [-0.25, -0.2) is 4.79 Å². The third-order valence-electron chi connectivity index (χ3n) is 2.24. The largest absolute Gasteiger partial charge is 0.449 e. The Kier molecular flexibility index (Phi) is 6.14. The summed E-state index contributed by atoms with van der Waals surface area (Å²) in [4.78, 5) is 17.5. The lowest BCUT2D eigenvalue weighted by Crippen LogP contribution is -2.35. The molecule has 0 aromatic carbocycles. The Balaban J connectivity index is 2.69. The molecule has 0 radical (unpaired) electrons. The number of ether oxygens (including phenoxy) is 2. The summed E-state index contributed by atoms with van der Waals surface area (Å²) in [6.07, 6.45) is 2.93. The number of anilines is 1. The van der Waals surface area contributed by atoms with Gasteiger partial charge in [-0.2, -0.15) is 0 Å². The lowest BCUT2D eigenvalue weighted by molar-refractivity contribution is 0.136. The normalized spacial score (nSPS) is 10.4. The summed E-state index contributed by atoms with van der Waals surface area (Å²) in [5.41, 5.74) is 0.711. The molecule has 0 aliphatic heterocycles. The van der Waals surface area contributed by atoms with E-state index in [1.165, 1.54) is 4.90 Å². The van der Waals surface area contributed by atoms with E-state index in [4.69, 9.17) is 9.47 Å². The first kappa shape index (κ1) is 14.4. The second kappa shape index (κ2) is 7.66. The first-order valence-corrected chi connectivity index (χ1v) is 5.98. The van der Waals surface area contributed by atoms with Gasteiger partial charge in [-0.1, -0.05) is 13.8 Å². The van der Waals surface area contributed by atoms with E-state index in [9.17, 15) is 4.79 Å². The fourth-order valence-corrected chi connectivity index (χ4v) is 1.34. The Hall–Kier alpha value is -1.62. The Morgan fingerprint density at radius 3 is 2.83 bits per heavy atom. The van der Waals surface area contributed by atoms with Gasteiger partial charge >= 0.3 is 6.09 Å². The molecular formula is C13H20N2O3. The topological polar surface area (TPSA) is 51.7 Å². The van der Waals surface area contributed by atoms with Gasteiger partial charge in [0.25, 0.3) is 0 Å². The molecule has 0 aliphatic carbocycles. The van der Waals surface area contributed by atoms with E-state index in [2.05, 4.69) is 4.98 Å². The Morgan fingerprint density at radius 1 is 1.50 bits per heavy atom. The zero-order valence-corrected chi connectivity index (χ0v) is 11.1. The highest BCUT2D eigenvalue weighted by Crippen LogP contribution is 2.13. The monoisotopic (exact) mass is 252 g/mol. The van der Waals surface area contributed by atoms with E-state index in [-0.39, 0.29) is 6.09 Å². The van der Waals surface area contributed by atoms with Crippen LogP contribution in [-0.4, -0.2) is 37.9 Å². The molecular weight excluding hydrogens is 232 g/mol. The van der Waals surface area contributed by atoms with Crippen LogP contribution >= 0.6 is 0 Å². The van der Waals surface area contributed by atoms with Crippen LogP contribution in [-0.2, 0) is 9.47 Å². The number of amides is 1. The summed E-state index contributed by atoms with van der Waals surface area (Å²) in [7, 11) is 1.60. The molecule has 1 amide bonds. The van der Waals surface area contributed by atoms with Crippen LogP contribution in [0.3, 0.4) is 0 Å². The highest BCUT2D eigenvalue weighted by atomic mass is 16.6.